The average Bonchev–Trinajstić information content (AvgIpc) is 3.37. The molecule has 0 atom stereocenters. The fourth-order valence-electron chi connectivity index (χ4n) is 3.97. The molecule has 0 fully saturated rings. The lowest BCUT2D eigenvalue weighted by atomic mass is 10.1. The maximum absolute atomic E-state index is 13.1. The standard InChI is InChI=1S/C28H24FN5O4S.C2H6/c1-38-25-16-23(39(2,36)37)12-13-24(25)31-28-32-26-14-7-20(17-34(26)33-28)19-5-10-22(11-6-19)30-27(35)15-18-3-8-21(29)9-4-18;1-2/h3-14,16-17H,15H2,1-2H3,(H,30,35)(H,31,33);1-2H3. The van der Waals surface area contributed by atoms with Gasteiger partial charge in [0.1, 0.15) is 11.6 Å². The predicted molar refractivity (Wildman–Crippen MR) is 158 cm³/mol. The first-order valence-electron chi connectivity index (χ1n) is 12.8. The smallest absolute Gasteiger partial charge is 0.247 e. The molecule has 1 amide bonds. The van der Waals surface area contributed by atoms with Crippen LogP contribution in [-0.4, -0.2) is 42.3 Å². The lowest BCUT2D eigenvalue weighted by Crippen LogP contribution is -2.14. The first-order chi connectivity index (χ1) is 19.7. The number of fused-ring (bicyclic) bond motifs is 1. The monoisotopic (exact) mass is 575 g/mol. The molecular weight excluding hydrogens is 545 g/mol. The fraction of sp³-hybridized carbons (Fsp3) is 0.167. The van der Waals surface area contributed by atoms with Gasteiger partial charge in [-0.05, 0) is 59.7 Å². The zero-order chi connectivity index (χ0) is 29.6. The van der Waals surface area contributed by atoms with Gasteiger partial charge in [-0.1, -0.05) is 38.1 Å². The Bertz CT molecular complexity index is 1770. The number of halogens is 1. The van der Waals surface area contributed by atoms with Gasteiger partial charge < -0.3 is 15.4 Å². The maximum atomic E-state index is 13.1. The Hall–Kier alpha value is -4.77. The van der Waals surface area contributed by atoms with Crippen LogP contribution in [0.15, 0.2) is 90.0 Å². The van der Waals surface area contributed by atoms with E-state index in [1.165, 1.54) is 31.4 Å². The first-order valence-corrected chi connectivity index (χ1v) is 14.7. The molecule has 0 aliphatic heterocycles. The second-order valence-corrected chi connectivity index (χ2v) is 10.9. The number of sulfone groups is 1. The van der Waals surface area contributed by atoms with Crippen molar-refractivity contribution < 1.29 is 22.3 Å². The molecule has 11 heteroatoms. The Kier molecular flexibility index (Phi) is 8.98. The Balaban J connectivity index is 0.00000189. The Morgan fingerprint density at radius 3 is 2.29 bits per heavy atom. The maximum Gasteiger partial charge on any atom is 0.247 e. The number of anilines is 3. The molecule has 2 aromatic heterocycles. The van der Waals surface area contributed by atoms with Gasteiger partial charge in [-0.15, -0.1) is 5.10 Å². The minimum Gasteiger partial charge on any atom is -0.495 e. The highest BCUT2D eigenvalue weighted by molar-refractivity contribution is 7.90. The van der Waals surface area contributed by atoms with Gasteiger partial charge in [0.2, 0.25) is 11.9 Å². The molecule has 5 aromatic rings. The largest absolute Gasteiger partial charge is 0.495 e. The first kappa shape index (κ1) is 29.2. The SMILES string of the molecule is CC.COc1cc(S(C)(=O)=O)ccc1Nc1nc2ccc(-c3ccc(NC(=O)Cc4ccc(F)cc4)cc3)cn2n1. The van der Waals surface area contributed by atoms with Gasteiger partial charge >= 0.3 is 0 Å². The second kappa shape index (κ2) is 12.6. The number of pyridine rings is 1. The number of carbonyl (C=O) groups excluding carboxylic acids is 1. The molecule has 0 saturated heterocycles. The van der Waals surface area contributed by atoms with Gasteiger partial charge in [0, 0.05) is 29.8 Å². The Morgan fingerprint density at radius 2 is 1.63 bits per heavy atom. The second-order valence-electron chi connectivity index (χ2n) is 8.84. The molecule has 2 heterocycles. The van der Waals surface area contributed by atoms with Crippen molar-refractivity contribution >= 4 is 38.7 Å². The number of nitrogens with one attached hydrogen (secondary N) is 2. The fourth-order valence-corrected chi connectivity index (χ4v) is 4.61. The van der Waals surface area contributed by atoms with Gasteiger partial charge in [0.05, 0.1) is 24.1 Å². The summed E-state index contributed by atoms with van der Waals surface area (Å²) in [5.74, 6) is 0.132. The van der Waals surface area contributed by atoms with E-state index in [-0.39, 0.29) is 23.0 Å². The van der Waals surface area contributed by atoms with Crippen LogP contribution in [0.2, 0.25) is 0 Å². The van der Waals surface area contributed by atoms with Gasteiger partial charge in [-0.2, -0.15) is 4.98 Å². The molecule has 5 rings (SSSR count). The third-order valence-corrected chi connectivity index (χ3v) is 7.07. The summed E-state index contributed by atoms with van der Waals surface area (Å²) in [4.78, 5) is 17.0. The highest BCUT2D eigenvalue weighted by Gasteiger charge is 2.14. The molecule has 9 nitrogen and oxygen atoms in total. The van der Waals surface area contributed by atoms with Gasteiger partial charge in [-0.3, -0.25) is 4.79 Å². The van der Waals surface area contributed by atoms with E-state index < -0.39 is 9.84 Å². The normalized spacial score (nSPS) is 11.0. The summed E-state index contributed by atoms with van der Waals surface area (Å²) >= 11 is 0. The number of nitrogens with zero attached hydrogens (tertiary/aromatic N) is 3. The van der Waals surface area contributed by atoms with Crippen molar-refractivity contribution in [1.29, 1.82) is 0 Å². The van der Waals surface area contributed by atoms with E-state index in [2.05, 4.69) is 20.7 Å². The molecule has 3 aromatic carbocycles. The minimum atomic E-state index is -3.38. The third-order valence-electron chi connectivity index (χ3n) is 5.96. The molecule has 0 bridgehead atoms. The van der Waals surface area contributed by atoms with E-state index in [1.807, 2.05) is 56.4 Å². The number of carbonyl (C=O) groups is 1. The summed E-state index contributed by atoms with van der Waals surface area (Å²) in [7, 11) is -1.92. The summed E-state index contributed by atoms with van der Waals surface area (Å²) < 4.78 is 43.7. The van der Waals surface area contributed by atoms with E-state index in [0.717, 1.165) is 22.9 Å². The Morgan fingerprint density at radius 1 is 0.951 bits per heavy atom. The summed E-state index contributed by atoms with van der Waals surface area (Å²) in [5, 5.41) is 10.4. The van der Waals surface area contributed by atoms with Gasteiger partial charge in [0.25, 0.3) is 0 Å². The molecule has 0 saturated carbocycles. The minimum absolute atomic E-state index is 0.148. The molecule has 0 aliphatic rings. The Labute approximate surface area is 237 Å². The van der Waals surface area contributed by atoms with Crippen LogP contribution in [0, 0.1) is 5.82 Å². The van der Waals surface area contributed by atoms with Crippen molar-refractivity contribution in [3.05, 3.63) is 96.4 Å². The molecule has 0 aliphatic carbocycles. The lowest BCUT2D eigenvalue weighted by Gasteiger charge is -2.10. The number of benzene rings is 3. The molecule has 41 heavy (non-hydrogen) atoms. The number of methoxy groups -OCH3 is 1. The van der Waals surface area contributed by atoms with Gasteiger partial charge in [0.15, 0.2) is 15.5 Å². The van der Waals surface area contributed by atoms with Gasteiger partial charge in [-0.25, -0.2) is 17.3 Å². The number of amides is 1. The number of ether oxygens (including phenoxy) is 1. The number of hydrogen-bond acceptors (Lipinski definition) is 7. The van der Waals surface area contributed by atoms with E-state index >= 15 is 0 Å². The van der Waals surface area contributed by atoms with Crippen molar-refractivity contribution in [2.45, 2.75) is 25.2 Å². The molecule has 0 unspecified atom stereocenters. The van der Waals surface area contributed by atoms with Crippen molar-refractivity contribution in [2.24, 2.45) is 0 Å². The van der Waals surface area contributed by atoms with Crippen molar-refractivity contribution in [3.63, 3.8) is 0 Å². The van der Waals surface area contributed by atoms with Crippen LogP contribution in [0.4, 0.5) is 21.7 Å². The van der Waals surface area contributed by atoms with Crippen molar-refractivity contribution in [1.82, 2.24) is 14.6 Å². The summed E-state index contributed by atoms with van der Waals surface area (Å²) in [6.45, 7) is 4.00. The molecule has 2 N–H and O–H groups in total. The van der Waals surface area contributed by atoms with Crippen LogP contribution in [0.25, 0.3) is 16.8 Å². The van der Waals surface area contributed by atoms with Crippen LogP contribution in [0.3, 0.4) is 0 Å². The average molecular weight is 576 g/mol. The molecule has 0 radical (unpaired) electrons. The number of rotatable bonds is 8. The molecule has 212 valence electrons. The lowest BCUT2D eigenvalue weighted by molar-refractivity contribution is -0.115. The quantitative estimate of drug-likeness (QED) is 0.237. The van der Waals surface area contributed by atoms with E-state index in [1.54, 1.807) is 22.7 Å². The van der Waals surface area contributed by atoms with E-state index in [9.17, 15) is 17.6 Å². The molecular formula is C30H30FN5O4S. The highest BCUT2D eigenvalue weighted by Crippen LogP contribution is 2.30. The number of aromatic nitrogens is 3. The summed E-state index contributed by atoms with van der Waals surface area (Å²) in [5.41, 5.74) is 4.31. The third kappa shape index (κ3) is 7.25. The zero-order valence-electron chi connectivity index (χ0n) is 23.1. The summed E-state index contributed by atoms with van der Waals surface area (Å²) in [6, 6.07) is 21.5. The summed E-state index contributed by atoms with van der Waals surface area (Å²) in [6.07, 6.45) is 3.12. The van der Waals surface area contributed by atoms with Crippen LogP contribution in [0.5, 0.6) is 5.75 Å². The molecule has 0 spiro atoms. The number of hydrogen-bond donors (Lipinski definition) is 2. The van der Waals surface area contributed by atoms with Crippen LogP contribution in [0.1, 0.15) is 19.4 Å². The van der Waals surface area contributed by atoms with E-state index in [0.29, 0.717) is 28.7 Å². The van der Waals surface area contributed by atoms with Crippen LogP contribution < -0.4 is 15.4 Å². The van der Waals surface area contributed by atoms with Crippen molar-refractivity contribution in [3.8, 4) is 16.9 Å². The van der Waals surface area contributed by atoms with Crippen LogP contribution in [-0.2, 0) is 21.1 Å². The topological polar surface area (TPSA) is 115 Å². The van der Waals surface area contributed by atoms with E-state index in [4.69, 9.17) is 4.74 Å². The highest BCUT2D eigenvalue weighted by atomic mass is 32.2. The predicted octanol–water partition coefficient (Wildman–Crippen LogP) is 5.90. The zero-order valence-corrected chi connectivity index (χ0v) is 23.9. The van der Waals surface area contributed by atoms with Crippen LogP contribution >= 0.6 is 0 Å². The van der Waals surface area contributed by atoms with Crippen molar-refractivity contribution in [2.75, 3.05) is 24.0 Å².